The predicted molar refractivity (Wildman–Crippen MR) is 119 cm³/mol. The molecule has 1 aliphatic rings. The van der Waals surface area contributed by atoms with Crippen molar-refractivity contribution in [3.63, 3.8) is 0 Å². The first kappa shape index (κ1) is 20.4. The van der Waals surface area contributed by atoms with Gasteiger partial charge < -0.3 is 15.0 Å². The van der Waals surface area contributed by atoms with Crippen LogP contribution in [-0.2, 0) is 11.3 Å². The molecule has 1 aromatic heterocycles. The number of hydrogen-bond donors (Lipinski definition) is 1. The Morgan fingerprint density at radius 2 is 1.90 bits per heavy atom. The smallest absolute Gasteiger partial charge is 0.258 e. The minimum absolute atomic E-state index is 0.0568. The fourth-order valence-corrected chi connectivity index (χ4v) is 3.86. The summed E-state index contributed by atoms with van der Waals surface area (Å²) in [6.45, 7) is 4.36. The van der Waals surface area contributed by atoms with E-state index in [9.17, 15) is 4.79 Å². The first-order valence-electron chi connectivity index (χ1n) is 10.3. The van der Waals surface area contributed by atoms with Crippen molar-refractivity contribution in [2.45, 2.75) is 26.3 Å². The average Bonchev–Trinajstić information content (AvgIpc) is 2.78. The molecule has 4 rings (SSSR count). The number of aromatic nitrogens is 2. The Morgan fingerprint density at radius 1 is 1.17 bits per heavy atom. The van der Waals surface area contributed by atoms with E-state index in [2.05, 4.69) is 15.2 Å². The zero-order valence-corrected chi connectivity index (χ0v) is 17.7. The second-order valence-corrected chi connectivity index (χ2v) is 7.84. The number of anilines is 1. The summed E-state index contributed by atoms with van der Waals surface area (Å²) in [4.78, 5) is 24.4. The molecule has 1 saturated heterocycles. The van der Waals surface area contributed by atoms with E-state index >= 15 is 0 Å². The molecule has 156 valence electrons. The standard InChI is InChI=1S/C23H25ClN4O2/c1-2-30-23-21(26-19-7-3-4-8-20(19)27-23)28-13-5-6-17(15-28)22(29)25-14-16-9-11-18(24)12-10-16/h3-4,7-12,17H,2,5-6,13-15H2,1H3,(H,25,29)/t17-/m1/s1. The number of halogens is 1. The van der Waals surface area contributed by atoms with Crippen LogP contribution in [0.1, 0.15) is 25.3 Å². The van der Waals surface area contributed by atoms with Crippen LogP contribution in [-0.4, -0.2) is 35.6 Å². The summed E-state index contributed by atoms with van der Waals surface area (Å²) in [7, 11) is 0. The van der Waals surface area contributed by atoms with E-state index in [1.54, 1.807) is 0 Å². The molecular formula is C23H25ClN4O2. The van der Waals surface area contributed by atoms with E-state index in [0.29, 0.717) is 36.4 Å². The summed E-state index contributed by atoms with van der Waals surface area (Å²) in [5.41, 5.74) is 2.66. The van der Waals surface area contributed by atoms with Gasteiger partial charge >= 0.3 is 0 Å². The van der Waals surface area contributed by atoms with Crippen LogP contribution in [0.5, 0.6) is 5.88 Å². The molecule has 1 atom stereocenters. The summed E-state index contributed by atoms with van der Waals surface area (Å²) in [5.74, 6) is 1.19. The normalized spacial score (nSPS) is 16.5. The number of carbonyl (C=O) groups is 1. The number of ether oxygens (including phenoxy) is 1. The van der Waals surface area contributed by atoms with Gasteiger partial charge in [-0.15, -0.1) is 0 Å². The van der Waals surface area contributed by atoms with Gasteiger partial charge in [0, 0.05) is 24.7 Å². The molecule has 2 heterocycles. The molecule has 0 unspecified atom stereocenters. The van der Waals surface area contributed by atoms with Crippen LogP contribution in [0, 0.1) is 5.92 Å². The number of piperidine rings is 1. The molecule has 0 radical (unpaired) electrons. The number of benzene rings is 2. The first-order valence-corrected chi connectivity index (χ1v) is 10.7. The van der Waals surface area contributed by atoms with Crippen molar-refractivity contribution < 1.29 is 9.53 Å². The molecule has 0 bridgehead atoms. The topological polar surface area (TPSA) is 67.4 Å². The highest BCUT2D eigenvalue weighted by Crippen LogP contribution is 2.30. The molecule has 3 aromatic rings. The molecule has 30 heavy (non-hydrogen) atoms. The van der Waals surface area contributed by atoms with E-state index in [1.807, 2.05) is 55.5 Å². The lowest BCUT2D eigenvalue weighted by atomic mass is 9.97. The highest BCUT2D eigenvalue weighted by atomic mass is 35.5. The van der Waals surface area contributed by atoms with Gasteiger partial charge in [0.05, 0.1) is 23.6 Å². The maximum Gasteiger partial charge on any atom is 0.258 e. The maximum absolute atomic E-state index is 12.8. The van der Waals surface area contributed by atoms with Crippen molar-refractivity contribution in [3.8, 4) is 5.88 Å². The Bertz CT molecular complexity index is 1030. The summed E-state index contributed by atoms with van der Waals surface area (Å²) >= 11 is 5.93. The van der Waals surface area contributed by atoms with Crippen molar-refractivity contribution in [2.24, 2.45) is 5.92 Å². The largest absolute Gasteiger partial charge is 0.475 e. The fraction of sp³-hybridized carbons (Fsp3) is 0.348. The number of para-hydroxylation sites is 2. The van der Waals surface area contributed by atoms with Gasteiger partial charge in [-0.2, -0.15) is 0 Å². The van der Waals surface area contributed by atoms with E-state index in [1.165, 1.54) is 0 Å². The van der Waals surface area contributed by atoms with Crippen LogP contribution < -0.4 is 15.0 Å². The van der Waals surface area contributed by atoms with Crippen LogP contribution in [0.15, 0.2) is 48.5 Å². The number of nitrogens with one attached hydrogen (secondary N) is 1. The third-order valence-electron chi connectivity index (χ3n) is 5.27. The lowest BCUT2D eigenvalue weighted by molar-refractivity contribution is -0.125. The van der Waals surface area contributed by atoms with Crippen molar-refractivity contribution in [3.05, 3.63) is 59.1 Å². The van der Waals surface area contributed by atoms with E-state index in [4.69, 9.17) is 21.3 Å². The second kappa shape index (κ2) is 9.30. The minimum Gasteiger partial charge on any atom is -0.475 e. The molecule has 0 spiro atoms. The quantitative estimate of drug-likeness (QED) is 0.641. The van der Waals surface area contributed by atoms with Crippen molar-refractivity contribution >= 4 is 34.4 Å². The minimum atomic E-state index is -0.103. The Labute approximate surface area is 181 Å². The molecule has 7 heteroatoms. The Hall–Kier alpha value is -2.86. The number of nitrogens with zero attached hydrogens (tertiary/aromatic N) is 3. The van der Waals surface area contributed by atoms with Crippen LogP contribution >= 0.6 is 11.6 Å². The molecule has 0 saturated carbocycles. The second-order valence-electron chi connectivity index (χ2n) is 7.40. The predicted octanol–water partition coefficient (Wildman–Crippen LogP) is 4.21. The van der Waals surface area contributed by atoms with E-state index < -0.39 is 0 Å². The Kier molecular flexibility index (Phi) is 6.33. The summed E-state index contributed by atoms with van der Waals surface area (Å²) in [6.07, 6.45) is 1.77. The van der Waals surface area contributed by atoms with Crippen molar-refractivity contribution in [1.82, 2.24) is 15.3 Å². The Balaban J connectivity index is 1.48. The first-order chi connectivity index (χ1) is 14.6. The van der Waals surface area contributed by atoms with E-state index in [-0.39, 0.29) is 11.8 Å². The van der Waals surface area contributed by atoms with Gasteiger partial charge in [0.2, 0.25) is 5.91 Å². The number of carbonyl (C=O) groups excluding carboxylic acids is 1. The molecule has 2 aromatic carbocycles. The number of fused-ring (bicyclic) bond motifs is 1. The highest BCUT2D eigenvalue weighted by Gasteiger charge is 2.28. The molecule has 1 fully saturated rings. The third kappa shape index (κ3) is 4.65. The van der Waals surface area contributed by atoms with Crippen molar-refractivity contribution in [1.29, 1.82) is 0 Å². The summed E-state index contributed by atoms with van der Waals surface area (Å²) in [5, 5.41) is 3.74. The zero-order chi connectivity index (χ0) is 20.9. The van der Waals surface area contributed by atoms with Crippen LogP contribution in [0.25, 0.3) is 11.0 Å². The highest BCUT2D eigenvalue weighted by molar-refractivity contribution is 6.30. The molecule has 1 N–H and O–H groups in total. The fourth-order valence-electron chi connectivity index (χ4n) is 3.73. The monoisotopic (exact) mass is 424 g/mol. The average molecular weight is 425 g/mol. The van der Waals surface area contributed by atoms with Gasteiger partial charge in [-0.1, -0.05) is 35.9 Å². The zero-order valence-electron chi connectivity index (χ0n) is 17.0. The van der Waals surface area contributed by atoms with Gasteiger partial charge in [0.25, 0.3) is 5.88 Å². The van der Waals surface area contributed by atoms with Gasteiger partial charge in [0.15, 0.2) is 5.82 Å². The molecule has 1 aliphatic heterocycles. The Morgan fingerprint density at radius 3 is 2.63 bits per heavy atom. The number of amides is 1. The van der Waals surface area contributed by atoms with Crippen LogP contribution in [0.3, 0.4) is 0 Å². The lowest BCUT2D eigenvalue weighted by Crippen LogP contribution is -2.43. The van der Waals surface area contributed by atoms with Gasteiger partial charge in [-0.05, 0) is 49.6 Å². The van der Waals surface area contributed by atoms with Gasteiger partial charge in [-0.3, -0.25) is 4.79 Å². The van der Waals surface area contributed by atoms with Crippen LogP contribution in [0.4, 0.5) is 5.82 Å². The molecular weight excluding hydrogens is 400 g/mol. The number of rotatable bonds is 6. The molecule has 6 nitrogen and oxygen atoms in total. The third-order valence-corrected chi connectivity index (χ3v) is 5.53. The SMILES string of the molecule is CCOc1nc2ccccc2nc1N1CCC[C@@H](C(=O)NCc2ccc(Cl)cc2)C1. The van der Waals surface area contributed by atoms with Crippen molar-refractivity contribution in [2.75, 3.05) is 24.6 Å². The summed E-state index contributed by atoms with van der Waals surface area (Å²) < 4.78 is 5.78. The number of hydrogen-bond acceptors (Lipinski definition) is 5. The summed E-state index contributed by atoms with van der Waals surface area (Å²) in [6, 6.07) is 15.3. The molecule has 1 amide bonds. The maximum atomic E-state index is 12.8. The van der Waals surface area contributed by atoms with Crippen LogP contribution in [0.2, 0.25) is 5.02 Å². The van der Waals surface area contributed by atoms with E-state index in [0.717, 1.165) is 36.0 Å². The van der Waals surface area contributed by atoms with Gasteiger partial charge in [-0.25, -0.2) is 9.97 Å². The molecule has 0 aliphatic carbocycles. The van der Waals surface area contributed by atoms with Gasteiger partial charge in [0.1, 0.15) is 0 Å². The lowest BCUT2D eigenvalue weighted by Gasteiger charge is -2.33.